The average Bonchev–Trinajstić information content (AvgIpc) is 3.34. The first-order chi connectivity index (χ1) is 17.0. The van der Waals surface area contributed by atoms with E-state index in [1.165, 1.54) is 29.4 Å². The molecule has 11 heteroatoms. The average molecular weight is 551 g/mol. The van der Waals surface area contributed by atoms with Crippen molar-refractivity contribution >= 4 is 64.2 Å². The Morgan fingerprint density at radius 3 is 2.83 bits per heavy atom. The highest BCUT2D eigenvalue weighted by Gasteiger charge is 2.21. The Morgan fingerprint density at radius 2 is 2.06 bits per heavy atom. The third-order valence-electron chi connectivity index (χ3n) is 5.57. The molecule has 35 heavy (non-hydrogen) atoms. The fourth-order valence-electron chi connectivity index (χ4n) is 3.83. The van der Waals surface area contributed by atoms with Crippen molar-refractivity contribution in [2.24, 2.45) is 4.99 Å². The lowest BCUT2D eigenvalue weighted by molar-refractivity contribution is -0.119. The molecule has 3 aromatic rings. The molecule has 0 aliphatic carbocycles. The summed E-state index contributed by atoms with van der Waals surface area (Å²) >= 11 is 15.1. The number of likely N-dealkylation sites (tertiary alicyclic amines) is 1. The predicted molar refractivity (Wildman–Crippen MR) is 144 cm³/mol. The van der Waals surface area contributed by atoms with E-state index in [1.54, 1.807) is 0 Å². The van der Waals surface area contributed by atoms with Crippen molar-refractivity contribution in [1.82, 2.24) is 20.7 Å². The molecular weight excluding hydrogens is 525 g/mol. The van der Waals surface area contributed by atoms with Gasteiger partial charge in [0.25, 0.3) is 0 Å². The van der Waals surface area contributed by atoms with Gasteiger partial charge in [0.05, 0.1) is 27.2 Å². The zero-order valence-corrected chi connectivity index (χ0v) is 21.9. The smallest absolute Gasteiger partial charge is 0.230 e. The third-order valence-corrected chi connectivity index (χ3v) is 8.33. The zero-order valence-electron chi connectivity index (χ0n) is 18.8. The van der Waals surface area contributed by atoms with Gasteiger partial charge in [0.1, 0.15) is 6.34 Å². The first-order valence-corrected chi connectivity index (χ1v) is 13.7. The molecule has 0 bridgehead atoms. The van der Waals surface area contributed by atoms with Crippen LogP contribution in [0.15, 0.2) is 57.2 Å². The van der Waals surface area contributed by atoms with Crippen molar-refractivity contribution in [3.63, 3.8) is 0 Å². The number of thiazole rings is 1. The minimum absolute atomic E-state index is 0.0301. The number of halogens is 2. The Hall–Kier alpha value is -2.14. The van der Waals surface area contributed by atoms with Gasteiger partial charge in [0, 0.05) is 36.6 Å². The van der Waals surface area contributed by atoms with Gasteiger partial charge < -0.3 is 5.32 Å². The molecule has 1 aromatic heterocycles. The van der Waals surface area contributed by atoms with Crippen molar-refractivity contribution in [2.75, 3.05) is 18.8 Å². The van der Waals surface area contributed by atoms with Crippen LogP contribution in [0.25, 0.3) is 11.3 Å². The van der Waals surface area contributed by atoms with E-state index in [0.29, 0.717) is 21.5 Å². The van der Waals surface area contributed by atoms with Crippen LogP contribution < -0.4 is 10.8 Å². The van der Waals surface area contributed by atoms with Crippen LogP contribution >= 0.6 is 46.3 Å². The molecular formula is C24H25Cl2N5O2S2. The Balaban J connectivity index is 1.21. The fraction of sp³-hybridized carbons (Fsp3) is 0.292. The van der Waals surface area contributed by atoms with E-state index in [4.69, 9.17) is 28.4 Å². The predicted octanol–water partition coefficient (Wildman–Crippen LogP) is 5.63. The SMILES string of the molecule is O=C(CSc1nc(-c2cccc(N=CNO)c2)cs1)NC1CCN(Cc2ccc(Cl)c(Cl)c2)CC1. The molecule has 7 nitrogen and oxygen atoms in total. The van der Waals surface area contributed by atoms with Crippen LogP contribution in [0.1, 0.15) is 18.4 Å². The van der Waals surface area contributed by atoms with Gasteiger partial charge in [0.2, 0.25) is 5.91 Å². The molecule has 1 aliphatic rings. The number of rotatable bonds is 9. The molecule has 2 aromatic carbocycles. The molecule has 1 saturated heterocycles. The summed E-state index contributed by atoms with van der Waals surface area (Å²) in [6.45, 7) is 2.67. The summed E-state index contributed by atoms with van der Waals surface area (Å²) in [6, 6.07) is 13.5. The van der Waals surface area contributed by atoms with Crippen LogP contribution in [0.4, 0.5) is 5.69 Å². The number of amides is 1. The highest BCUT2D eigenvalue weighted by Crippen LogP contribution is 2.30. The number of nitrogens with one attached hydrogen (secondary N) is 2. The van der Waals surface area contributed by atoms with Gasteiger partial charge in [-0.05, 0) is 42.7 Å². The fourth-order valence-corrected chi connectivity index (χ4v) is 5.80. The lowest BCUT2D eigenvalue weighted by Gasteiger charge is -2.32. The molecule has 2 heterocycles. The number of hydroxylamine groups is 1. The van der Waals surface area contributed by atoms with E-state index in [2.05, 4.69) is 20.2 Å². The largest absolute Gasteiger partial charge is 0.353 e. The normalized spacial score (nSPS) is 14.9. The number of hydrogen-bond donors (Lipinski definition) is 3. The van der Waals surface area contributed by atoms with Gasteiger partial charge in [-0.3, -0.25) is 20.4 Å². The van der Waals surface area contributed by atoms with E-state index in [1.807, 2.05) is 53.3 Å². The Kier molecular flexibility index (Phi) is 9.42. The van der Waals surface area contributed by atoms with Crippen molar-refractivity contribution in [1.29, 1.82) is 0 Å². The van der Waals surface area contributed by atoms with Crippen LogP contribution in [0, 0.1) is 0 Å². The van der Waals surface area contributed by atoms with Crippen LogP contribution in [0.3, 0.4) is 0 Å². The van der Waals surface area contributed by atoms with E-state index >= 15 is 0 Å². The van der Waals surface area contributed by atoms with Gasteiger partial charge >= 0.3 is 0 Å². The van der Waals surface area contributed by atoms with Gasteiger partial charge in [-0.2, -0.15) is 0 Å². The maximum Gasteiger partial charge on any atom is 0.230 e. The van der Waals surface area contributed by atoms with Crippen molar-refractivity contribution < 1.29 is 10.0 Å². The summed E-state index contributed by atoms with van der Waals surface area (Å²) < 4.78 is 0.845. The van der Waals surface area contributed by atoms with E-state index < -0.39 is 0 Å². The molecule has 0 saturated carbocycles. The quantitative estimate of drug-likeness (QED) is 0.139. The summed E-state index contributed by atoms with van der Waals surface area (Å²) in [4.78, 5) is 23.6. The number of piperidine rings is 1. The number of thioether (sulfide) groups is 1. The van der Waals surface area contributed by atoms with E-state index in [9.17, 15) is 4.79 Å². The second-order valence-electron chi connectivity index (χ2n) is 8.09. The molecule has 0 unspecified atom stereocenters. The van der Waals surface area contributed by atoms with Gasteiger partial charge in [-0.1, -0.05) is 53.2 Å². The van der Waals surface area contributed by atoms with Gasteiger partial charge in [-0.15, -0.1) is 11.3 Å². The summed E-state index contributed by atoms with van der Waals surface area (Å²) in [7, 11) is 0. The summed E-state index contributed by atoms with van der Waals surface area (Å²) in [6.07, 6.45) is 3.05. The zero-order chi connectivity index (χ0) is 24.6. The second kappa shape index (κ2) is 12.7. The first kappa shape index (κ1) is 25.9. The number of hydrogen-bond acceptors (Lipinski definition) is 7. The first-order valence-electron chi connectivity index (χ1n) is 11.1. The topological polar surface area (TPSA) is 89.8 Å². The molecule has 1 aliphatic heterocycles. The number of aromatic nitrogens is 1. The number of aliphatic imine (C=N–C) groups is 1. The number of nitrogens with zero attached hydrogens (tertiary/aromatic N) is 3. The lowest BCUT2D eigenvalue weighted by Crippen LogP contribution is -2.44. The molecule has 1 amide bonds. The molecule has 4 rings (SSSR count). The molecule has 1 fully saturated rings. The Morgan fingerprint density at radius 1 is 1.23 bits per heavy atom. The van der Waals surface area contributed by atoms with Crippen molar-refractivity contribution in [3.8, 4) is 11.3 Å². The second-order valence-corrected chi connectivity index (χ2v) is 11.0. The monoisotopic (exact) mass is 549 g/mol. The van der Waals surface area contributed by atoms with Crippen LogP contribution in [-0.4, -0.2) is 52.2 Å². The Labute approximate surface area is 222 Å². The summed E-state index contributed by atoms with van der Waals surface area (Å²) in [5.41, 5.74) is 5.50. The molecule has 184 valence electrons. The summed E-state index contributed by atoms with van der Waals surface area (Å²) in [5, 5.41) is 14.9. The number of carbonyl (C=O) groups is 1. The number of benzene rings is 2. The maximum atomic E-state index is 12.5. The molecule has 0 spiro atoms. The Bertz CT molecular complexity index is 1180. The maximum absolute atomic E-state index is 12.5. The minimum atomic E-state index is 0.0301. The standard InChI is InChI=1S/C24H25Cl2N5O2S2/c25-20-5-4-16(10-21(20)26)12-31-8-6-18(7-9-31)29-23(32)14-35-24-30-22(13-34-24)17-2-1-3-19(11-17)27-15-28-33/h1-5,10-11,13,15,18,33H,6-9,12,14H2,(H,27,28)(H,29,32). The summed E-state index contributed by atoms with van der Waals surface area (Å²) in [5.74, 6) is 0.366. The van der Waals surface area contributed by atoms with Crippen molar-refractivity contribution in [3.05, 3.63) is 63.5 Å². The molecule has 3 N–H and O–H groups in total. The van der Waals surface area contributed by atoms with Gasteiger partial charge in [-0.25, -0.2) is 9.98 Å². The van der Waals surface area contributed by atoms with Crippen LogP contribution in [0.5, 0.6) is 0 Å². The third kappa shape index (κ3) is 7.67. The highest BCUT2D eigenvalue weighted by atomic mass is 35.5. The number of carbonyl (C=O) groups excluding carboxylic acids is 1. The lowest BCUT2D eigenvalue weighted by atomic mass is 10.0. The van der Waals surface area contributed by atoms with Gasteiger partial charge in [0.15, 0.2) is 4.34 Å². The highest BCUT2D eigenvalue weighted by molar-refractivity contribution is 8.01. The van der Waals surface area contributed by atoms with E-state index in [0.717, 1.165) is 53.6 Å². The van der Waals surface area contributed by atoms with Crippen LogP contribution in [0.2, 0.25) is 10.0 Å². The van der Waals surface area contributed by atoms with Crippen molar-refractivity contribution in [2.45, 2.75) is 29.8 Å². The minimum Gasteiger partial charge on any atom is -0.353 e. The van der Waals surface area contributed by atoms with Crippen LogP contribution in [-0.2, 0) is 11.3 Å². The van der Waals surface area contributed by atoms with E-state index in [-0.39, 0.29) is 11.9 Å². The molecule has 0 radical (unpaired) electrons. The molecule has 0 atom stereocenters.